The second-order valence-electron chi connectivity index (χ2n) is 6.24. The van der Waals surface area contributed by atoms with Crippen LogP contribution in [-0.2, 0) is 16.6 Å². The van der Waals surface area contributed by atoms with Crippen molar-refractivity contribution in [1.29, 1.82) is 0 Å². The number of hydrogen-bond acceptors (Lipinski definition) is 5. The smallest absolute Gasteiger partial charge is 0.270 e. The van der Waals surface area contributed by atoms with Gasteiger partial charge in [0.15, 0.2) is 4.91 Å². The summed E-state index contributed by atoms with van der Waals surface area (Å²) in [4.78, 5) is 12.8. The number of ketones is 1. The molecule has 0 saturated heterocycles. The molecule has 2 aromatic carbocycles. The molecule has 0 saturated carbocycles. The van der Waals surface area contributed by atoms with Crippen LogP contribution in [0.5, 0.6) is 0 Å². The van der Waals surface area contributed by atoms with Gasteiger partial charge in [0, 0.05) is 10.7 Å². The molecule has 0 bridgehead atoms. The zero-order valence-electron chi connectivity index (χ0n) is 14.8. The fourth-order valence-electron chi connectivity index (χ4n) is 2.98. The Hall–Kier alpha value is -2.49. The molecule has 0 radical (unpaired) electrons. The second-order valence-corrected chi connectivity index (χ2v) is 9.84. The summed E-state index contributed by atoms with van der Waals surface area (Å²) in [5.41, 5.74) is 1.41. The molecule has 1 N–H and O–H groups in total. The van der Waals surface area contributed by atoms with Crippen LogP contribution in [0.1, 0.15) is 15.2 Å². The molecule has 0 spiro atoms. The molecule has 1 aliphatic rings. The SMILES string of the molecule is O=C1C(=CNc2ccccc2Br)S(=O)(=O)N(Cc2cccc(F)c2)c2ccsc21. The van der Waals surface area contributed by atoms with E-state index >= 15 is 0 Å². The van der Waals surface area contributed by atoms with Gasteiger partial charge in [-0.15, -0.1) is 11.3 Å². The van der Waals surface area contributed by atoms with Gasteiger partial charge in [0.05, 0.1) is 17.9 Å². The number of fused-ring (bicyclic) bond motifs is 1. The van der Waals surface area contributed by atoms with E-state index in [4.69, 9.17) is 0 Å². The highest BCUT2D eigenvalue weighted by Gasteiger charge is 2.41. The molecule has 0 fully saturated rings. The Morgan fingerprint density at radius 1 is 1.14 bits per heavy atom. The number of nitrogens with zero attached hydrogens (tertiary/aromatic N) is 1. The predicted molar refractivity (Wildman–Crippen MR) is 116 cm³/mol. The van der Waals surface area contributed by atoms with Crippen LogP contribution < -0.4 is 9.62 Å². The van der Waals surface area contributed by atoms with Gasteiger partial charge in [-0.3, -0.25) is 9.10 Å². The molecule has 148 valence electrons. The average molecular weight is 493 g/mol. The van der Waals surface area contributed by atoms with Crippen molar-refractivity contribution in [3.8, 4) is 0 Å². The maximum absolute atomic E-state index is 13.6. The Morgan fingerprint density at radius 2 is 1.93 bits per heavy atom. The number of rotatable bonds is 4. The molecule has 5 nitrogen and oxygen atoms in total. The Labute approximate surface area is 179 Å². The minimum absolute atomic E-state index is 0.0799. The number of carbonyl (C=O) groups is 1. The average Bonchev–Trinajstić information content (AvgIpc) is 3.16. The van der Waals surface area contributed by atoms with E-state index in [1.54, 1.807) is 35.7 Å². The highest BCUT2D eigenvalue weighted by molar-refractivity contribution is 9.10. The largest absolute Gasteiger partial charge is 0.359 e. The molecule has 2 heterocycles. The number of Topliss-reactive ketones (excluding diaryl/α,β-unsaturated/α-hetero) is 1. The van der Waals surface area contributed by atoms with Crippen LogP contribution in [0.4, 0.5) is 15.8 Å². The van der Waals surface area contributed by atoms with Crippen LogP contribution in [-0.4, -0.2) is 14.2 Å². The van der Waals surface area contributed by atoms with Gasteiger partial charge in [-0.05, 0) is 57.2 Å². The quantitative estimate of drug-likeness (QED) is 0.512. The van der Waals surface area contributed by atoms with Crippen molar-refractivity contribution in [1.82, 2.24) is 0 Å². The lowest BCUT2D eigenvalue weighted by atomic mass is 10.2. The zero-order chi connectivity index (χ0) is 20.6. The Bertz CT molecular complexity index is 1240. The third-order valence-corrected chi connectivity index (χ3v) is 7.72. The lowest BCUT2D eigenvalue weighted by molar-refractivity contribution is 0.104. The minimum atomic E-state index is -4.14. The summed E-state index contributed by atoms with van der Waals surface area (Å²) in [7, 11) is -4.14. The number of carbonyl (C=O) groups excluding carboxylic acids is 1. The van der Waals surface area contributed by atoms with Gasteiger partial charge < -0.3 is 5.32 Å². The highest BCUT2D eigenvalue weighted by atomic mass is 79.9. The van der Waals surface area contributed by atoms with Crippen LogP contribution in [0.2, 0.25) is 0 Å². The second kappa shape index (κ2) is 7.74. The molecule has 9 heteroatoms. The zero-order valence-corrected chi connectivity index (χ0v) is 18.0. The van der Waals surface area contributed by atoms with Crippen LogP contribution in [0.15, 0.2) is 75.6 Å². The first-order valence-electron chi connectivity index (χ1n) is 8.48. The van der Waals surface area contributed by atoms with E-state index in [1.807, 2.05) is 6.07 Å². The summed E-state index contributed by atoms with van der Waals surface area (Å²) >= 11 is 4.55. The van der Waals surface area contributed by atoms with Crippen molar-refractivity contribution in [3.63, 3.8) is 0 Å². The maximum atomic E-state index is 13.6. The summed E-state index contributed by atoms with van der Waals surface area (Å²) in [6.07, 6.45) is 1.21. The first-order chi connectivity index (χ1) is 13.9. The number of benzene rings is 2. The molecule has 0 aliphatic carbocycles. The molecular weight excluding hydrogens is 479 g/mol. The van der Waals surface area contributed by atoms with Gasteiger partial charge in [0.2, 0.25) is 5.78 Å². The Kier molecular flexibility index (Phi) is 5.28. The molecule has 0 unspecified atom stereocenters. The maximum Gasteiger partial charge on any atom is 0.270 e. The van der Waals surface area contributed by atoms with Crippen molar-refractivity contribution >= 4 is 54.4 Å². The standard InChI is InChI=1S/C20H14BrFN2O3S2/c21-15-6-1-2-7-16(15)23-11-18-19(25)20-17(8-9-28-20)24(29(18,26)27)12-13-4-3-5-14(22)10-13/h1-11,23H,12H2. The Balaban J connectivity index is 1.77. The van der Waals surface area contributed by atoms with Crippen molar-refractivity contribution in [2.45, 2.75) is 6.54 Å². The lowest BCUT2D eigenvalue weighted by Gasteiger charge is -2.29. The normalized spacial score (nSPS) is 16.7. The number of halogens is 2. The topological polar surface area (TPSA) is 66.5 Å². The van der Waals surface area contributed by atoms with E-state index in [-0.39, 0.29) is 11.4 Å². The first-order valence-corrected chi connectivity index (χ1v) is 11.6. The van der Waals surface area contributed by atoms with Crippen LogP contribution in [0, 0.1) is 5.82 Å². The third kappa shape index (κ3) is 3.73. The van der Waals surface area contributed by atoms with Crippen LogP contribution in [0.25, 0.3) is 0 Å². The Morgan fingerprint density at radius 3 is 2.69 bits per heavy atom. The minimum Gasteiger partial charge on any atom is -0.359 e. The van der Waals surface area contributed by atoms with Crippen molar-refractivity contribution < 1.29 is 17.6 Å². The monoisotopic (exact) mass is 492 g/mol. The van der Waals surface area contributed by atoms with E-state index in [1.165, 1.54) is 35.7 Å². The number of para-hydroxylation sites is 1. The van der Waals surface area contributed by atoms with Crippen LogP contribution >= 0.6 is 27.3 Å². The van der Waals surface area contributed by atoms with E-state index in [0.29, 0.717) is 21.8 Å². The van der Waals surface area contributed by atoms with Crippen LogP contribution in [0.3, 0.4) is 0 Å². The molecular formula is C20H14BrFN2O3S2. The first kappa shape index (κ1) is 19.8. The molecule has 1 aromatic heterocycles. The van der Waals surface area contributed by atoms with E-state index in [2.05, 4.69) is 21.2 Å². The molecule has 1 aliphatic heterocycles. The van der Waals surface area contributed by atoms with E-state index in [0.717, 1.165) is 8.78 Å². The molecule has 0 amide bonds. The highest BCUT2D eigenvalue weighted by Crippen LogP contribution is 2.39. The summed E-state index contributed by atoms with van der Waals surface area (Å²) in [6.45, 7) is -0.0799. The fraction of sp³-hybridized carbons (Fsp3) is 0.0500. The number of thiophene rings is 1. The summed E-state index contributed by atoms with van der Waals surface area (Å²) in [5.74, 6) is -1.02. The predicted octanol–water partition coefficient (Wildman–Crippen LogP) is 5.14. The van der Waals surface area contributed by atoms with Crippen molar-refractivity contribution in [3.05, 3.63) is 91.8 Å². The van der Waals surface area contributed by atoms with Crippen molar-refractivity contribution in [2.24, 2.45) is 0 Å². The number of hydrogen-bond donors (Lipinski definition) is 1. The summed E-state index contributed by atoms with van der Waals surface area (Å²) in [5, 5.41) is 4.56. The molecule has 29 heavy (non-hydrogen) atoms. The summed E-state index contributed by atoms with van der Waals surface area (Å²) < 4.78 is 42.0. The number of anilines is 2. The lowest BCUT2D eigenvalue weighted by Crippen LogP contribution is -2.38. The van der Waals surface area contributed by atoms with Gasteiger partial charge in [-0.25, -0.2) is 12.8 Å². The molecule has 4 rings (SSSR count). The summed E-state index contributed by atoms with van der Waals surface area (Å²) in [6, 6.07) is 14.5. The van der Waals surface area contributed by atoms with Gasteiger partial charge in [-0.1, -0.05) is 24.3 Å². The van der Waals surface area contributed by atoms with E-state index < -0.39 is 21.6 Å². The molecule has 0 atom stereocenters. The number of nitrogens with one attached hydrogen (secondary N) is 1. The third-order valence-electron chi connectivity index (χ3n) is 4.36. The molecule has 3 aromatic rings. The van der Waals surface area contributed by atoms with E-state index in [9.17, 15) is 17.6 Å². The van der Waals surface area contributed by atoms with Gasteiger partial charge >= 0.3 is 0 Å². The number of sulfonamides is 1. The van der Waals surface area contributed by atoms with Gasteiger partial charge in [0.1, 0.15) is 10.7 Å². The number of allylic oxidation sites excluding steroid dienone is 1. The van der Waals surface area contributed by atoms with Gasteiger partial charge in [0.25, 0.3) is 10.0 Å². The van der Waals surface area contributed by atoms with Crippen molar-refractivity contribution in [2.75, 3.05) is 9.62 Å². The van der Waals surface area contributed by atoms with Gasteiger partial charge in [-0.2, -0.15) is 0 Å². The fourth-order valence-corrected chi connectivity index (χ4v) is 5.86.